The van der Waals surface area contributed by atoms with Crippen LogP contribution < -0.4 is 5.32 Å². The Hall–Kier alpha value is -2.63. The summed E-state index contributed by atoms with van der Waals surface area (Å²) in [6.07, 6.45) is 5.28. The minimum absolute atomic E-state index is 0.0475. The van der Waals surface area contributed by atoms with Crippen LogP contribution in [-0.4, -0.2) is 45.4 Å². The quantitative estimate of drug-likeness (QED) is 0.902. The predicted molar refractivity (Wildman–Crippen MR) is 81.6 cm³/mol. The van der Waals surface area contributed by atoms with E-state index in [1.807, 2.05) is 36.2 Å². The smallest absolute Gasteiger partial charge is 0.256 e. The van der Waals surface area contributed by atoms with E-state index >= 15 is 0 Å². The molecule has 2 aliphatic heterocycles. The molecule has 0 aliphatic carbocycles. The Morgan fingerprint density at radius 3 is 2.91 bits per heavy atom. The Kier molecular flexibility index (Phi) is 2.96. The highest BCUT2D eigenvalue weighted by molar-refractivity contribution is 5.98. The number of fused-ring (bicyclic) bond motifs is 1. The Morgan fingerprint density at radius 1 is 1.32 bits per heavy atom. The molecule has 1 atom stereocenters. The number of likely N-dealkylation sites (tertiary alicyclic amines) is 1. The number of amides is 1. The van der Waals surface area contributed by atoms with E-state index in [9.17, 15) is 4.79 Å². The van der Waals surface area contributed by atoms with Gasteiger partial charge in [0.25, 0.3) is 5.91 Å². The lowest BCUT2D eigenvalue weighted by Crippen LogP contribution is -2.31. The fraction of sp³-hybridized carbons (Fsp3) is 0.312. The number of aryl methyl sites for hydroxylation is 1. The number of nitrogens with one attached hydrogen (secondary N) is 1. The third-order valence-corrected chi connectivity index (χ3v) is 4.29. The number of carbonyl (C=O) groups is 1. The number of hydrogen-bond acceptors (Lipinski definition) is 4. The molecule has 0 spiro atoms. The highest BCUT2D eigenvalue weighted by Gasteiger charge is 2.34. The zero-order valence-electron chi connectivity index (χ0n) is 12.4. The summed E-state index contributed by atoms with van der Waals surface area (Å²) in [7, 11) is 0. The van der Waals surface area contributed by atoms with Crippen molar-refractivity contribution in [3.63, 3.8) is 0 Å². The monoisotopic (exact) mass is 295 g/mol. The minimum atomic E-state index is 0.0475. The van der Waals surface area contributed by atoms with Gasteiger partial charge in [0.15, 0.2) is 0 Å². The lowest BCUT2D eigenvalue weighted by molar-refractivity contribution is 0.0788. The first kappa shape index (κ1) is 13.1. The van der Waals surface area contributed by atoms with Crippen molar-refractivity contribution in [2.75, 3.05) is 19.6 Å². The summed E-state index contributed by atoms with van der Waals surface area (Å²) in [4.78, 5) is 16.4. The first-order valence-electron chi connectivity index (χ1n) is 7.41. The standard InChI is InChI=1S/C16H17N5O/c1-11-2-3-15(21-18-4-5-19-21)14(6-11)16(22)20-9-12-7-17-8-13(12)10-20/h2-7,13,17H,8-10H2,1H3. The van der Waals surface area contributed by atoms with Crippen molar-refractivity contribution >= 4 is 5.91 Å². The molecule has 1 saturated heterocycles. The number of rotatable bonds is 2. The van der Waals surface area contributed by atoms with E-state index in [1.165, 1.54) is 10.4 Å². The molecule has 22 heavy (non-hydrogen) atoms. The lowest BCUT2D eigenvalue weighted by Gasteiger charge is -2.18. The van der Waals surface area contributed by atoms with Crippen LogP contribution in [0.4, 0.5) is 0 Å². The van der Waals surface area contributed by atoms with Crippen LogP contribution in [0, 0.1) is 12.8 Å². The van der Waals surface area contributed by atoms with Crippen molar-refractivity contribution in [1.82, 2.24) is 25.2 Å². The topological polar surface area (TPSA) is 63.1 Å². The van der Waals surface area contributed by atoms with E-state index < -0.39 is 0 Å². The number of nitrogens with zero attached hydrogens (tertiary/aromatic N) is 4. The zero-order chi connectivity index (χ0) is 15.1. The van der Waals surface area contributed by atoms with Crippen LogP contribution in [0.2, 0.25) is 0 Å². The maximum atomic E-state index is 13.0. The summed E-state index contributed by atoms with van der Waals surface area (Å²) in [6, 6.07) is 5.79. The van der Waals surface area contributed by atoms with Gasteiger partial charge in [-0.25, -0.2) is 0 Å². The van der Waals surface area contributed by atoms with Crippen LogP contribution in [0.3, 0.4) is 0 Å². The van der Waals surface area contributed by atoms with E-state index in [2.05, 4.69) is 15.5 Å². The number of benzene rings is 1. The summed E-state index contributed by atoms with van der Waals surface area (Å²) >= 11 is 0. The van der Waals surface area contributed by atoms with Crippen LogP contribution >= 0.6 is 0 Å². The van der Waals surface area contributed by atoms with Gasteiger partial charge < -0.3 is 10.2 Å². The van der Waals surface area contributed by atoms with Crippen molar-refractivity contribution in [1.29, 1.82) is 0 Å². The zero-order valence-corrected chi connectivity index (χ0v) is 12.4. The van der Waals surface area contributed by atoms with Gasteiger partial charge in [0.05, 0.1) is 23.6 Å². The molecule has 1 unspecified atom stereocenters. The molecule has 6 heteroatoms. The van der Waals surface area contributed by atoms with Crippen LogP contribution in [0.5, 0.6) is 0 Å². The van der Waals surface area contributed by atoms with Gasteiger partial charge in [-0.15, -0.1) is 0 Å². The molecule has 2 aliphatic rings. The molecule has 1 amide bonds. The molecule has 1 aromatic carbocycles. The minimum Gasteiger partial charge on any atom is -0.390 e. The van der Waals surface area contributed by atoms with Gasteiger partial charge in [0.1, 0.15) is 0 Å². The van der Waals surface area contributed by atoms with Crippen LogP contribution in [0.1, 0.15) is 15.9 Å². The first-order valence-corrected chi connectivity index (χ1v) is 7.41. The summed E-state index contributed by atoms with van der Waals surface area (Å²) in [5, 5.41) is 11.6. The third-order valence-electron chi connectivity index (χ3n) is 4.29. The SMILES string of the molecule is Cc1ccc(-n2nccn2)c(C(=O)N2CC3=CNCC3C2)c1. The molecule has 1 N–H and O–H groups in total. The normalized spacial score (nSPS) is 19.8. The van der Waals surface area contributed by atoms with Gasteiger partial charge in [-0.2, -0.15) is 15.0 Å². The van der Waals surface area contributed by atoms with E-state index in [1.54, 1.807) is 12.4 Å². The summed E-state index contributed by atoms with van der Waals surface area (Å²) in [6.45, 7) is 4.40. The molecule has 0 saturated carbocycles. The Bertz CT molecular complexity index is 750. The Morgan fingerprint density at radius 2 is 2.14 bits per heavy atom. The van der Waals surface area contributed by atoms with Crippen LogP contribution in [-0.2, 0) is 0 Å². The summed E-state index contributed by atoms with van der Waals surface area (Å²) in [5.74, 6) is 0.506. The van der Waals surface area contributed by atoms with Gasteiger partial charge in [0.2, 0.25) is 0 Å². The van der Waals surface area contributed by atoms with Crippen LogP contribution in [0.15, 0.2) is 42.4 Å². The van der Waals surface area contributed by atoms with E-state index in [-0.39, 0.29) is 5.91 Å². The molecule has 6 nitrogen and oxygen atoms in total. The van der Waals surface area contributed by atoms with Gasteiger partial charge in [-0.05, 0) is 30.8 Å². The molecule has 3 heterocycles. The molecular weight excluding hydrogens is 278 g/mol. The number of aromatic nitrogens is 3. The molecule has 2 aromatic rings. The predicted octanol–water partition coefficient (Wildman–Crippen LogP) is 1.13. The second-order valence-corrected chi connectivity index (χ2v) is 5.85. The molecule has 1 fully saturated rings. The summed E-state index contributed by atoms with van der Waals surface area (Å²) in [5.41, 5.74) is 3.76. The van der Waals surface area contributed by atoms with Crippen molar-refractivity contribution in [3.8, 4) is 5.69 Å². The third kappa shape index (κ3) is 2.07. The molecule has 0 radical (unpaired) electrons. The second kappa shape index (κ2) is 4.98. The molecule has 4 rings (SSSR count). The fourth-order valence-electron chi connectivity index (χ4n) is 3.15. The van der Waals surface area contributed by atoms with Gasteiger partial charge >= 0.3 is 0 Å². The molecule has 112 valence electrons. The summed E-state index contributed by atoms with van der Waals surface area (Å²) < 4.78 is 0. The highest BCUT2D eigenvalue weighted by atomic mass is 16.2. The maximum absolute atomic E-state index is 13.0. The van der Waals surface area contributed by atoms with Gasteiger partial charge in [-0.3, -0.25) is 4.79 Å². The van der Waals surface area contributed by atoms with E-state index in [0.29, 0.717) is 18.0 Å². The molecule has 1 aromatic heterocycles. The van der Waals surface area contributed by atoms with Crippen molar-refractivity contribution in [3.05, 3.63) is 53.5 Å². The fourth-order valence-corrected chi connectivity index (χ4v) is 3.15. The average molecular weight is 295 g/mol. The number of hydrogen-bond donors (Lipinski definition) is 1. The Balaban J connectivity index is 1.70. The van der Waals surface area contributed by atoms with Crippen LogP contribution in [0.25, 0.3) is 5.69 Å². The number of carbonyl (C=O) groups excluding carboxylic acids is 1. The van der Waals surface area contributed by atoms with Gasteiger partial charge in [0, 0.05) is 25.6 Å². The largest absolute Gasteiger partial charge is 0.390 e. The second-order valence-electron chi connectivity index (χ2n) is 5.85. The van der Waals surface area contributed by atoms with E-state index in [4.69, 9.17) is 0 Å². The highest BCUT2D eigenvalue weighted by Crippen LogP contribution is 2.27. The Labute approximate surface area is 128 Å². The van der Waals surface area contributed by atoms with Crippen molar-refractivity contribution < 1.29 is 4.79 Å². The van der Waals surface area contributed by atoms with Gasteiger partial charge in [-0.1, -0.05) is 11.6 Å². The van der Waals surface area contributed by atoms with Crippen molar-refractivity contribution in [2.24, 2.45) is 5.92 Å². The van der Waals surface area contributed by atoms with Crippen molar-refractivity contribution in [2.45, 2.75) is 6.92 Å². The molecular formula is C16H17N5O. The first-order chi connectivity index (χ1) is 10.7. The maximum Gasteiger partial charge on any atom is 0.256 e. The lowest BCUT2D eigenvalue weighted by atomic mass is 10.1. The molecule has 0 bridgehead atoms. The average Bonchev–Trinajstić information content (AvgIpc) is 3.22. The van der Waals surface area contributed by atoms with E-state index in [0.717, 1.165) is 24.3 Å².